The lowest BCUT2D eigenvalue weighted by molar-refractivity contribution is -0.112. The highest BCUT2D eigenvalue weighted by Crippen LogP contribution is 2.16. The van der Waals surface area contributed by atoms with Crippen molar-refractivity contribution in [1.82, 2.24) is 4.90 Å². The van der Waals surface area contributed by atoms with E-state index in [-0.39, 0.29) is 5.57 Å². The number of benzene rings is 1. The zero-order valence-corrected chi connectivity index (χ0v) is 15.9. The molecule has 0 saturated carbocycles. The first-order valence-corrected chi connectivity index (χ1v) is 8.75. The van der Waals surface area contributed by atoms with Crippen molar-refractivity contribution >= 4 is 11.6 Å². The van der Waals surface area contributed by atoms with E-state index in [1.54, 1.807) is 30.5 Å². The van der Waals surface area contributed by atoms with Gasteiger partial charge in [0.25, 0.3) is 5.91 Å². The lowest BCUT2D eigenvalue weighted by atomic mass is 10.1. The van der Waals surface area contributed by atoms with Crippen molar-refractivity contribution in [2.75, 3.05) is 25.0 Å². The van der Waals surface area contributed by atoms with Crippen molar-refractivity contribution in [3.05, 3.63) is 36.0 Å². The van der Waals surface area contributed by atoms with E-state index in [0.717, 1.165) is 18.8 Å². The molecule has 0 spiro atoms. The first-order valence-electron chi connectivity index (χ1n) is 8.75. The largest absolute Gasteiger partial charge is 0.494 e. The highest BCUT2D eigenvalue weighted by Gasteiger charge is 2.13. The number of nitriles is 1. The first-order chi connectivity index (χ1) is 11.8. The summed E-state index contributed by atoms with van der Waals surface area (Å²) in [6.45, 7) is 12.6. The molecule has 1 rings (SSSR count). The van der Waals surface area contributed by atoms with Gasteiger partial charge in [0.05, 0.1) is 6.61 Å². The molecule has 136 valence electrons. The molecule has 0 heterocycles. The molecule has 5 nitrogen and oxygen atoms in total. The topological polar surface area (TPSA) is 65.4 Å². The lowest BCUT2D eigenvalue weighted by Gasteiger charge is -2.25. The molecule has 0 fully saturated rings. The van der Waals surface area contributed by atoms with E-state index >= 15 is 0 Å². The van der Waals surface area contributed by atoms with Gasteiger partial charge in [-0.05, 0) is 43.0 Å². The third-order valence-corrected chi connectivity index (χ3v) is 3.30. The van der Waals surface area contributed by atoms with Gasteiger partial charge in [-0.2, -0.15) is 5.26 Å². The van der Waals surface area contributed by atoms with Crippen molar-refractivity contribution in [1.29, 1.82) is 5.26 Å². The van der Waals surface area contributed by atoms with Crippen LogP contribution in [0.15, 0.2) is 36.0 Å². The number of rotatable bonds is 9. The fraction of sp³-hybridized carbons (Fsp3) is 0.500. The van der Waals surface area contributed by atoms with Gasteiger partial charge in [-0.25, -0.2) is 0 Å². The summed E-state index contributed by atoms with van der Waals surface area (Å²) >= 11 is 0. The molecule has 0 aliphatic carbocycles. The molecule has 1 aromatic rings. The summed E-state index contributed by atoms with van der Waals surface area (Å²) in [6, 6.07) is 9.12. The van der Waals surface area contributed by atoms with E-state index in [4.69, 9.17) is 4.74 Å². The van der Waals surface area contributed by atoms with Gasteiger partial charge in [0.2, 0.25) is 0 Å². The van der Waals surface area contributed by atoms with Gasteiger partial charge in [0, 0.05) is 25.0 Å². The Morgan fingerprint density at radius 2 is 1.76 bits per heavy atom. The molecule has 0 aromatic heterocycles. The van der Waals surface area contributed by atoms with Crippen LogP contribution in [-0.2, 0) is 4.79 Å². The minimum atomic E-state index is -0.399. The molecule has 1 N–H and O–H groups in total. The maximum Gasteiger partial charge on any atom is 0.267 e. The Kier molecular flexibility index (Phi) is 8.55. The average Bonchev–Trinajstić information content (AvgIpc) is 2.53. The molecule has 1 aromatic carbocycles. The molecule has 1 amide bonds. The number of carbonyl (C=O) groups is 1. The Hall–Kier alpha value is -2.48. The molecule has 0 aliphatic rings. The number of amides is 1. The number of ether oxygens (including phenoxy) is 1. The number of nitrogens with zero attached hydrogens (tertiary/aromatic N) is 2. The normalized spacial score (nSPS) is 11.4. The summed E-state index contributed by atoms with van der Waals surface area (Å²) in [5.41, 5.74) is 0.740. The van der Waals surface area contributed by atoms with Crippen LogP contribution < -0.4 is 10.1 Å². The Balaban J connectivity index is 2.85. The van der Waals surface area contributed by atoms with Crippen LogP contribution in [0.1, 0.15) is 34.6 Å². The number of anilines is 1. The molecule has 0 unspecified atom stereocenters. The van der Waals surface area contributed by atoms with E-state index in [2.05, 4.69) is 33.0 Å². The first kappa shape index (κ1) is 20.6. The summed E-state index contributed by atoms with van der Waals surface area (Å²) in [6.07, 6.45) is 1.67. The van der Waals surface area contributed by atoms with Crippen LogP contribution in [0.25, 0.3) is 0 Å². The zero-order chi connectivity index (χ0) is 18.8. The van der Waals surface area contributed by atoms with Crippen molar-refractivity contribution in [2.45, 2.75) is 34.6 Å². The van der Waals surface area contributed by atoms with Crippen molar-refractivity contribution in [3.8, 4) is 11.8 Å². The van der Waals surface area contributed by atoms with Crippen LogP contribution in [0.3, 0.4) is 0 Å². The maximum atomic E-state index is 12.4. The summed E-state index contributed by atoms with van der Waals surface area (Å²) in [5, 5.41) is 12.1. The summed E-state index contributed by atoms with van der Waals surface area (Å²) < 4.78 is 5.38. The fourth-order valence-electron chi connectivity index (χ4n) is 2.44. The van der Waals surface area contributed by atoms with E-state index in [9.17, 15) is 10.1 Å². The second-order valence-corrected chi connectivity index (χ2v) is 6.81. The lowest BCUT2D eigenvalue weighted by Crippen LogP contribution is -2.28. The summed E-state index contributed by atoms with van der Waals surface area (Å²) in [4.78, 5) is 14.4. The van der Waals surface area contributed by atoms with Gasteiger partial charge in [0.1, 0.15) is 17.4 Å². The minimum absolute atomic E-state index is 0.107. The third-order valence-electron chi connectivity index (χ3n) is 3.30. The standard InChI is InChI=1S/C20H29N3O2/c1-6-25-19-9-7-18(8-10-19)22-20(24)17(11-21)14-23(12-15(2)3)13-16(4)5/h7-10,14-16H,6,12-13H2,1-5H3,(H,22,24)/b17-14-. The predicted molar refractivity (Wildman–Crippen MR) is 101 cm³/mol. The van der Waals surface area contributed by atoms with E-state index in [0.29, 0.717) is 24.1 Å². The van der Waals surface area contributed by atoms with Gasteiger partial charge in [-0.15, -0.1) is 0 Å². The van der Waals surface area contributed by atoms with Crippen LogP contribution >= 0.6 is 0 Å². The van der Waals surface area contributed by atoms with Crippen LogP contribution in [0.4, 0.5) is 5.69 Å². The zero-order valence-electron chi connectivity index (χ0n) is 15.9. The molecule has 5 heteroatoms. The molecular formula is C20H29N3O2. The molecule has 0 atom stereocenters. The smallest absolute Gasteiger partial charge is 0.267 e. The van der Waals surface area contributed by atoms with Gasteiger partial charge in [0.15, 0.2) is 0 Å². The Bertz CT molecular complexity index is 603. The molecule has 25 heavy (non-hydrogen) atoms. The van der Waals surface area contributed by atoms with E-state index in [1.165, 1.54) is 0 Å². The molecular weight excluding hydrogens is 314 g/mol. The highest BCUT2D eigenvalue weighted by molar-refractivity contribution is 6.06. The number of hydrogen-bond acceptors (Lipinski definition) is 4. The Morgan fingerprint density at radius 1 is 1.20 bits per heavy atom. The fourth-order valence-corrected chi connectivity index (χ4v) is 2.44. The summed E-state index contributed by atoms with van der Waals surface area (Å²) in [5.74, 6) is 1.24. The van der Waals surface area contributed by atoms with Gasteiger partial charge in [-0.1, -0.05) is 27.7 Å². The minimum Gasteiger partial charge on any atom is -0.494 e. The Morgan fingerprint density at radius 3 is 2.20 bits per heavy atom. The van der Waals surface area contributed by atoms with Gasteiger partial charge < -0.3 is 15.0 Å². The highest BCUT2D eigenvalue weighted by atomic mass is 16.5. The van der Waals surface area contributed by atoms with Crippen molar-refractivity contribution < 1.29 is 9.53 Å². The monoisotopic (exact) mass is 343 g/mol. The third kappa shape index (κ3) is 7.75. The van der Waals surface area contributed by atoms with Crippen molar-refractivity contribution in [2.24, 2.45) is 11.8 Å². The molecule has 0 bridgehead atoms. The van der Waals surface area contributed by atoms with Crippen LogP contribution in [0, 0.1) is 23.2 Å². The number of nitrogens with one attached hydrogen (secondary N) is 1. The number of hydrogen-bond donors (Lipinski definition) is 1. The van der Waals surface area contributed by atoms with Crippen LogP contribution in [0.5, 0.6) is 5.75 Å². The quantitative estimate of drug-likeness (QED) is 0.543. The molecule has 0 aliphatic heterocycles. The van der Waals surface area contributed by atoms with Gasteiger partial charge >= 0.3 is 0 Å². The van der Waals surface area contributed by atoms with E-state index in [1.807, 2.05) is 17.9 Å². The van der Waals surface area contributed by atoms with Crippen molar-refractivity contribution in [3.63, 3.8) is 0 Å². The molecule has 0 saturated heterocycles. The Labute approximate surface area is 151 Å². The van der Waals surface area contributed by atoms with Crippen LogP contribution in [-0.4, -0.2) is 30.5 Å². The second kappa shape index (κ2) is 10.4. The summed E-state index contributed by atoms with van der Waals surface area (Å²) in [7, 11) is 0. The second-order valence-electron chi connectivity index (χ2n) is 6.81. The maximum absolute atomic E-state index is 12.4. The van der Waals surface area contributed by atoms with E-state index < -0.39 is 5.91 Å². The molecule has 0 radical (unpaired) electrons. The predicted octanol–water partition coefficient (Wildman–Crippen LogP) is 4.05. The van der Waals surface area contributed by atoms with Crippen LogP contribution in [0.2, 0.25) is 0 Å². The number of carbonyl (C=O) groups excluding carboxylic acids is 1. The average molecular weight is 343 g/mol. The van der Waals surface area contributed by atoms with Gasteiger partial charge in [-0.3, -0.25) is 4.79 Å². The SMILES string of the molecule is CCOc1ccc(NC(=O)/C(C#N)=C\N(CC(C)C)CC(C)C)cc1.